The van der Waals surface area contributed by atoms with Gasteiger partial charge >= 0.3 is 0 Å². The first kappa shape index (κ1) is 24.9. The molecule has 2 aromatic rings. The Hall–Kier alpha value is -2.34. The highest BCUT2D eigenvalue weighted by molar-refractivity contribution is 14.0. The molecule has 31 heavy (non-hydrogen) atoms. The largest absolute Gasteiger partial charge is 0.497 e. The summed E-state index contributed by atoms with van der Waals surface area (Å²) in [6.07, 6.45) is 2.76. The molecule has 2 heterocycles. The second kappa shape index (κ2) is 12.5. The zero-order chi connectivity index (χ0) is 21.3. The van der Waals surface area contributed by atoms with Gasteiger partial charge in [0.15, 0.2) is 5.96 Å². The number of guanidine groups is 1. The number of ether oxygens (including phenoxy) is 2. The van der Waals surface area contributed by atoms with Gasteiger partial charge in [0.1, 0.15) is 11.5 Å². The van der Waals surface area contributed by atoms with Crippen molar-refractivity contribution in [1.82, 2.24) is 20.2 Å². The first-order valence-corrected chi connectivity index (χ1v) is 10.1. The minimum atomic E-state index is -0.762. The van der Waals surface area contributed by atoms with Crippen LogP contribution in [0.15, 0.2) is 41.7 Å². The lowest BCUT2D eigenvalue weighted by Crippen LogP contribution is -2.53. The Morgan fingerprint density at radius 1 is 1.10 bits per heavy atom. The fraction of sp³-hybridized carbons (Fsp3) is 0.476. The van der Waals surface area contributed by atoms with E-state index in [1.165, 1.54) is 0 Å². The number of hydrogen-bond acceptors (Lipinski definition) is 7. The molecule has 1 fully saturated rings. The maximum absolute atomic E-state index is 10.7. The number of aliphatic hydroxyl groups is 1. The lowest BCUT2D eigenvalue weighted by molar-refractivity contribution is 0.185. The second-order valence-corrected chi connectivity index (χ2v) is 6.88. The Kier molecular flexibility index (Phi) is 10.0. The summed E-state index contributed by atoms with van der Waals surface area (Å²) in [5.41, 5.74) is 0.705. The minimum Gasteiger partial charge on any atom is -0.497 e. The summed E-state index contributed by atoms with van der Waals surface area (Å²) in [4.78, 5) is 17.7. The van der Waals surface area contributed by atoms with Crippen molar-refractivity contribution in [1.29, 1.82) is 0 Å². The Morgan fingerprint density at radius 3 is 2.26 bits per heavy atom. The van der Waals surface area contributed by atoms with Crippen molar-refractivity contribution in [2.75, 3.05) is 58.4 Å². The Labute approximate surface area is 200 Å². The molecule has 2 N–H and O–H groups in total. The molecule has 10 heteroatoms. The molecule has 0 radical (unpaired) electrons. The molecular formula is C21H31IN6O3. The van der Waals surface area contributed by atoms with Gasteiger partial charge in [-0.3, -0.25) is 4.99 Å². The highest BCUT2D eigenvalue weighted by Crippen LogP contribution is 2.26. The van der Waals surface area contributed by atoms with Gasteiger partial charge in [-0.2, -0.15) is 0 Å². The third kappa shape index (κ3) is 6.82. The molecule has 0 saturated carbocycles. The number of piperazine rings is 1. The SMILES string of the molecule is CCNC(=NCC(O)c1cc(OC)cc(OC)c1)N1CCN(c2ncccn2)CC1.I. The van der Waals surface area contributed by atoms with E-state index < -0.39 is 6.10 Å². The third-order valence-corrected chi connectivity index (χ3v) is 4.92. The van der Waals surface area contributed by atoms with Crippen LogP contribution >= 0.6 is 24.0 Å². The van der Waals surface area contributed by atoms with Crippen LogP contribution < -0.4 is 19.7 Å². The van der Waals surface area contributed by atoms with Crippen molar-refractivity contribution in [3.05, 3.63) is 42.2 Å². The monoisotopic (exact) mass is 542 g/mol. The summed E-state index contributed by atoms with van der Waals surface area (Å²) in [5.74, 6) is 2.82. The van der Waals surface area contributed by atoms with E-state index in [0.717, 1.165) is 44.6 Å². The van der Waals surface area contributed by atoms with Crippen LogP contribution in [-0.2, 0) is 0 Å². The van der Waals surface area contributed by atoms with E-state index in [2.05, 4.69) is 30.1 Å². The first-order valence-electron chi connectivity index (χ1n) is 10.1. The summed E-state index contributed by atoms with van der Waals surface area (Å²) in [6, 6.07) is 7.20. The summed E-state index contributed by atoms with van der Waals surface area (Å²) < 4.78 is 10.6. The van der Waals surface area contributed by atoms with Crippen molar-refractivity contribution >= 4 is 35.9 Å². The number of halogens is 1. The topological polar surface area (TPSA) is 95.3 Å². The number of rotatable bonds is 7. The maximum atomic E-state index is 10.7. The molecule has 1 unspecified atom stereocenters. The highest BCUT2D eigenvalue weighted by atomic mass is 127. The zero-order valence-electron chi connectivity index (χ0n) is 18.2. The van der Waals surface area contributed by atoms with E-state index in [1.54, 1.807) is 44.8 Å². The van der Waals surface area contributed by atoms with Crippen LogP contribution in [0.1, 0.15) is 18.6 Å². The molecule has 0 bridgehead atoms. The summed E-state index contributed by atoms with van der Waals surface area (Å²) in [6.45, 7) is 6.24. The summed E-state index contributed by atoms with van der Waals surface area (Å²) in [5, 5.41) is 14.0. The molecule has 170 valence electrons. The quantitative estimate of drug-likeness (QED) is 0.312. The molecule has 0 amide bonds. The number of nitrogens with one attached hydrogen (secondary N) is 1. The number of aliphatic imine (C=N–C) groups is 1. The Morgan fingerprint density at radius 2 is 1.71 bits per heavy atom. The number of aromatic nitrogens is 2. The zero-order valence-corrected chi connectivity index (χ0v) is 20.5. The molecule has 1 aromatic heterocycles. The molecule has 3 rings (SSSR count). The van der Waals surface area contributed by atoms with Crippen LogP contribution in [0.4, 0.5) is 5.95 Å². The Balaban J connectivity index is 0.00000341. The van der Waals surface area contributed by atoms with Crippen LogP contribution in [0.3, 0.4) is 0 Å². The minimum absolute atomic E-state index is 0. The van der Waals surface area contributed by atoms with E-state index in [1.807, 2.05) is 13.0 Å². The number of methoxy groups -OCH3 is 2. The Bertz CT molecular complexity index is 809. The average Bonchev–Trinajstić information content (AvgIpc) is 2.81. The van der Waals surface area contributed by atoms with Crippen molar-refractivity contribution in [2.24, 2.45) is 4.99 Å². The number of nitrogens with zero attached hydrogens (tertiary/aromatic N) is 5. The van der Waals surface area contributed by atoms with E-state index in [0.29, 0.717) is 17.1 Å². The van der Waals surface area contributed by atoms with Gasteiger partial charge in [-0.05, 0) is 30.7 Å². The van der Waals surface area contributed by atoms with Gasteiger partial charge in [-0.25, -0.2) is 9.97 Å². The van der Waals surface area contributed by atoms with Gasteiger partial charge in [0.25, 0.3) is 0 Å². The fourth-order valence-corrected chi connectivity index (χ4v) is 3.30. The van der Waals surface area contributed by atoms with Crippen LogP contribution in [0.2, 0.25) is 0 Å². The van der Waals surface area contributed by atoms with Gasteiger partial charge in [-0.15, -0.1) is 24.0 Å². The smallest absolute Gasteiger partial charge is 0.225 e. The molecule has 9 nitrogen and oxygen atoms in total. The van der Waals surface area contributed by atoms with E-state index in [4.69, 9.17) is 9.47 Å². The molecule has 1 atom stereocenters. The number of anilines is 1. The molecular weight excluding hydrogens is 511 g/mol. The van der Waals surface area contributed by atoms with Gasteiger partial charge in [0, 0.05) is 51.2 Å². The first-order chi connectivity index (χ1) is 14.6. The van der Waals surface area contributed by atoms with Gasteiger partial charge in [0.05, 0.1) is 26.9 Å². The molecule has 1 saturated heterocycles. The number of benzene rings is 1. The van der Waals surface area contributed by atoms with E-state index in [-0.39, 0.29) is 30.5 Å². The third-order valence-electron chi connectivity index (χ3n) is 4.92. The van der Waals surface area contributed by atoms with Gasteiger partial charge in [0.2, 0.25) is 5.95 Å². The van der Waals surface area contributed by atoms with Crippen LogP contribution in [0.25, 0.3) is 0 Å². The normalized spacial score (nSPS) is 15.2. The predicted molar refractivity (Wildman–Crippen MR) is 132 cm³/mol. The highest BCUT2D eigenvalue weighted by Gasteiger charge is 2.21. The maximum Gasteiger partial charge on any atom is 0.225 e. The van der Waals surface area contributed by atoms with E-state index in [9.17, 15) is 5.11 Å². The molecule has 1 aromatic carbocycles. The molecule has 0 aliphatic carbocycles. The molecule has 1 aliphatic rings. The predicted octanol–water partition coefficient (Wildman–Crippen LogP) is 1.93. The molecule has 0 spiro atoms. The van der Waals surface area contributed by atoms with Gasteiger partial charge in [-0.1, -0.05) is 0 Å². The van der Waals surface area contributed by atoms with Crippen LogP contribution in [0.5, 0.6) is 11.5 Å². The second-order valence-electron chi connectivity index (χ2n) is 6.88. The number of aliphatic hydroxyl groups excluding tert-OH is 1. The van der Waals surface area contributed by atoms with Gasteiger partial charge < -0.3 is 29.7 Å². The summed E-state index contributed by atoms with van der Waals surface area (Å²) in [7, 11) is 3.18. The van der Waals surface area contributed by atoms with Crippen LogP contribution in [0, 0.1) is 0 Å². The van der Waals surface area contributed by atoms with Crippen molar-refractivity contribution in [3.8, 4) is 11.5 Å². The molecule has 1 aliphatic heterocycles. The van der Waals surface area contributed by atoms with Crippen molar-refractivity contribution in [2.45, 2.75) is 13.0 Å². The average molecular weight is 542 g/mol. The van der Waals surface area contributed by atoms with Crippen molar-refractivity contribution in [3.63, 3.8) is 0 Å². The van der Waals surface area contributed by atoms with Crippen LogP contribution in [-0.4, -0.2) is 79.4 Å². The lowest BCUT2D eigenvalue weighted by Gasteiger charge is -2.36. The van der Waals surface area contributed by atoms with E-state index >= 15 is 0 Å². The van der Waals surface area contributed by atoms with Crippen molar-refractivity contribution < 1.29 is 14.6 Å². The fourth-order valence-electron chi connectivity index (χ4n) is 3.30. The standard InChI is InChI=1S/C21H30N6O3.HI/c1-4-22-20(26-8-10-27(11-9-26)21-23-6-5-7-24-21)25-15-19(28)16-12-17(29-2)14-18(13-16)30-3;/h5-7,12-14,19,28H,4,8-11,15H2,1-3H3,(H,22,25);1H. The lowest BCUT2D eigenvalue weighted by atomic mass is 10.1. The number of hydrogen-bond donors (Lipinski definition) is 2. The summed E-state index contributed by atoms with van der Waals surface area (Å²) >= 11 is 0.